The first kappa shape index (κ1) is 23.7. The molecule has 6 nitrogen and oxygen atoms in total. The standard InChI is InChI=1S/C30H29N3O3/c1-30(2,3)21-8-5-7-19(15-21)16-22(34)17-20-10-11-25(23-9-6-13-31-28(20)23)36-26-12-14-32-29-24(26)18-27(35)33(29)4/h5-15H,16-18H2,1-4H3. The van der Waals surface area contributed by atoms with Crippen LogP contribution in [0.2, 0.25) is 0 Å². The van der Waals surface area contributed by atoms with Crippen molar-refractivity contribution in [2.24, 2.45) is 0 Å². The second kappa shape index (κ2) is 9.19. The summed E-state index contributed by atoms with van der Waals surface area (Å²) in [7, 11) is 1.72. The number of likely N-dealkylation sites (N-methyl/N-ethyl adjacent to an activating group) is 1. The monoisotopic (exact) mass is 479 g/mol. The summed E-state index contributed by atoms with van der Waals surface area (Å²) in [6.07, 6.45) is 4.29. The van der Waals surface area contributed by atoms with Gasteiger partial charge < -0.3 is 4.74 Å². The van der Waals surface area contributed by atoms with E-state index in [0.29, 0.717) is 23.7 Å². The molecule has 6 heteroatoms. The molecule has 36 heavy (non-hydrogen) atoms. The number of amides is 1. The van der Waals surface area contributed by atoms with E-state index in [1.54, 1.807) is 30.4 Å². The molecule has 182 valence electrons. The molecule has 0 spiro atoms. The number of ether oxygens (including phenoxy) is 1. The molecule has 0 radical (unpaired) electrons. The zero-order valence-corrected chi connectivity index (χ0v) is 21.0. The summed E-state index contributed by atoms with van der Waals surface area (Å²) in [5, 5.41) is 0.820. The number of hydrogen-bond donors (Lipinski definition) is 0. The minimum Gasteiger partial charge on any atom is -0.456 e. The fraction of sp³-hybridized carbons (Fsp3) is 0.267. The zero-order chi connectivity index (χ0) is 25.4. The minimum atomic E-state index is -0.0121. The second-order valence-electron chi connectivity index (χ2n) is 10.3. The van der Waals surface area contributed by atoms with Gasteiger partial charge in [-0.25, -0.2) is 4.98 Å². The number of rotatable bonds is 6. The third kappa shape index (κ3) is 4.59. The smallest absolute Gasteiger partial charge is 0.232 e. The first-order valence-electron chi connectivity index (χ1n) is 12.1. The second-order valence-corrected chi connectivity index (χ2v) is 10.3. The average Bonchev–Trinajstić information content (AvgIpc) is 3.14. The number of carbonyl (C=O) groups is 2. The average molecular weight is 480 g/mol. The van der Waals surface area contributed by atoms with Crippen LogP contribution in [0.15, 0.2) is 67.0 Å². The molecule has 0 bridgehead atoms. The lowest BCUT2D eigenvalue weighted by atomic mass is 9.85. The van der Waals surface area contributed by atoms with Crippen molar-refractivity contribution in [1.82, 2.24) is 9.97 Å². The Morgan fingerprint density at radius 3 is 2.61 bits per heavy atom. The summed E-state index contributed by atoms with van der Waals surface area (Å²) in [5.74, 6) is 1.97. The molecule has 1 aliphatic heterocycles. The van der Waals surface area contributed by atoms with Gasteiger partial charge in [0.15, 0.2) is 0 Å². The summed E-state index contributed by atoms with van der Waals surface area (Å²) >= 11 is 0. The van der Waals surface area contributed by atoms with E-state index in [1.165, 1.54) is 5.56 Å². The summed E-state index contributed by atoms with van der Waals surface area (Å²) in [6.45, 7) is 6.52. The Bertz CT molecular complexity index is 1490. The van der Waals surface area contributed by atoms with Gasteiger partial charge in [0.2, 0.25) is 5.91 Å². The predicted octanol–water partition coefficient (Wildman–Crippen LogP) is 5.59. The van der Waals surface area contributed by atoms with Gasteiger partial charge >= 0.3 is 0 Å². The van der Waals surface area contributed by atoms with Gasteiger partial charge in [0.25, 0.3) is 0 Å². The minimum absolute atomic E-state index is 0.0121. The third-order valence-corrected chi connectivity index (χ3v) is 6.62. The molecular weight excluding hydrogens is 450 g/mol. The first-order chi connectivity index (χ1) is 17.2. The molecule has 0 atom stereocenters. The van der Waals surface area contributed by atoms with Crippen LogP contribution in [0.25, 0.3) is 10.9 Å². The van der Waals surface area contributed by atoms with E-state index >= 15 is 0 Å². The molecule has 0 saturated heterocycles. The highest BCUT2D eigenvalue weighted by Crippen LogP contribution is 2.38. The number of anilines is 1. The van der Waals surface area contributed by atoms with Gasteiger partial charge in [-0.05, 0) is 46.4 Å². The number of fused-ring (bicyclic) bond motifs is 2. The highest BCUT2D eigenvalue weighted by Gasteiger charge is 2.29. The summed E-state index contributed by atoms with van der Waals surface area (Å²) < 4.78 is 6.29. The Kier molecular flexibility index (Phi) is 6.04. The van der Waals surface area contributed by atoms with E-state index in [9.17, 15) is 9.59 Å². The molecule has 1 amide bonds. The molecular formula is C30H29N3O3. The van der Waals surface area contributed by atoms with E-state index in [0.717, 1.165) is 27.6 Å². The van der Waals surface area contributed by atoms with Crippen LogP contribution in [0.3, 0.4) is 0 Å². The maximum absolute atomic E-state index is 13.0. The quantitative estimate of drug-likeness (QED) is 0.360. The van der Waals surface area contributed by atoms with Gasteiger partial charge in [0.1, 0.15) is 23.1 Å². The van der Waals surface area contributed by atoms with Gasteiger partial charge in [0.05, 0.1) is 11.9 Å². The maximum Gasteiger partial charge on any atom is 0.232 e. The highest BCUT2D eigenvalue weighted by molar-refractivity contribution is 6.00. The highest BCUT2D eigenvalue weighted by atomic mass is 16.5. The number of aromatic nitrogens is 2. The van der Waals surface area contributed by atoms with Crippen molar-refractivity contribution in [2.45, 2.75) is 45.4 Å². The molecule has 5 rings (SSSR count). The molecule has 0 fully saturated rings. The number of Topliss-reactive ketones (excluding diaryl/α,β-unsaturated/α-hetero) is 1. The lowest BCUT2D eigenvalue weighted by Crippen LogP contribution is -2.21. The van der Waals surface area contributed by atoms with Crippen molar-refractivity contribution in [3.63, 3.8) is 0 Å². The first-order valence-corrected chi connectivity index (χ1v) is 12.1. The molecule has 3 heterocycles. The van der Waals surface area contributed by atoms with Crippen LogP contribution in [-0.2, 0) is 34.3 Å². The fourth-order valence-corrected chi connectivity index (χ4v) is 4.61. The van der Waals surface area contributed by atoms with Crippen molar-refractivity contribution in [3.05, 3.63) is 89.2 Å². The SMILES string of the molecule is CN1C(=O)Cc2c(Oc3ccc(CC(=O)Cc4cccc(C(C)(C)C)c4)c4ncccc34)ccnc21. The van der Waals surface area contributed by atoms with Crippen LogP contribution in [0.5, 0.6) is 11.5 Å². The number of nitrogens with zero attached hydrogens (tertiary/aromatic N) is 3. The Morgan fingerprint density at radius 2 is 1.81 bits per heavy atom. The zero-order valence-electron chi connectivity index (χ0n) is 21.0. The van der Waals surface area contributed by atoms with Gasteiger partial charge in [0, 0.05) is 43.2 Å². The van der Waals surface area contributed by atoms with E-state index in [2.05, 4.69) is 42.9 Å². The van der Waals surface area contributed by atoms with Gasteiger partial charge in [-0.1, -0.05) is 51.1 Å². The molecule has 0 aliphatic carbocycles. The molecule has 2 aromatic heterocycles. The van der Waals surface area contributed by atoms with E-state index in [4.69, 9.17) is 4.74 Å². The molecule has 2 aromatic carbocycles. The van der Waals surface area contributed by atoms with Crippen molar-refractivity contribution in [3.8, 4) is 11.5 Å². The van der Waals surface area contributed by atoms with Gasteiger partial charge in [-0.15, -0.1) is 0 Å². The van der Waals surface area contributed by atoms with E-state index in [-0.39, 0.29) is 29.9 Å². The molecule has 1 aliphatic rings. The Balaban J connectivity index is 1.40. The topological polar surface area (TPSA) is 72.4 Å². The fourth-order valence-electron chi connectivity index (χ4n) is 4.61. The lowest BCUT2D eigenvalue weighted by Gasteiger charge is -2.19. The van der Waals surface area contributed by atoms with Crippen LogP contribution in [0.4, 0.5) is 5.82 Å². The van der Waals surface area contributed by atoms with Crippen molar-refractivity contribution in [1.29, 1.82) is 0 Å². The van der Waals surface area contributed by atoms with E-state index < -0.39 is 0 Å². The van der Waals surface area contributed by atoms with Crippen LogP contribution in [-0.4, -0.2) is 28.7 Å². The van der Waals surface area contributed by atoms with Crippen LogP contribution in [0, 0.1) is 0 Å². The van der Waals surface area contributed by atoms with E-state index in [1.807, 2.05) is 36.4 Å². The summed E-state index contributed by atoms with van der Waals surface area (Å²) in [4.78, 5) is 35.7. The van der Waals surface area contributed by atoms with Crippen molar-refractivity contribution in [2.75, 3.05) is 11.9 Å². The molecule has 0 N–H and O–H groups in total. The number of benzene rings is 2. The van der Waals surface area contributed by atoms with Crippen LogP contribution < -0.4 is 9.64 Å². The summed E-state index contributed by atoms with van der Waals surface area (Å²) in [5.41, 5.74) is 4.66. The molecule has 0 unspecified atom stereocenters. The van der Waals surface area contributed by atoms with Crippen LogP contribution in [0.1, 0.15) is 43.0 Å². The molecule has 4 aromatic rings. The van der Waals surface area contributed by atoms with Crippen molar-refractivity contribution < 1.29 is 14.3 Å². The largest absolute Gasteiger partial charge is 0.456 e. The Morgan fingerprint density at radius 1 is 0.972 bits per heavy atom. The Labute approximate surface area is 211 Å². The lowest BCUT2D eigenvalue weighted by molar-refractivity contribution is -0.118. The van der Waals surface area contributed by atoms with Crippen LogP contribution >= 0.6 is 0 Å². The number of pyridine rings is 2. The number of hydrogen-bond acceptors (Lipinski definition) is 5. The van der Waals surface area contributed by atoms with Gasteiger partial charge in [-0.2, -0.15) is 0 Å². The number of ketones is 1. The summed E-state index contributed by atoms with van der Waals surface area (Å²) in [6, 6.07) is 17.6. The Hall–Kier alpha value is -4.06. The predicted molar refractivity (Wildman–Crippen MR) is 141 cm³/mol. The molecule has 0 saturated carbocycles. The third-order valence-electron chi connectivity index (χ3n) is 6.62. The maximum atomic E-state index is 13.0. The van der Waals surface area contributed by atoms with Crippen molar-refractivity contribution >= 4 is 28.4 Å². The normalized spacial score (nSPS) is 13.2. The van der Waals surface area contributed by atoms with Gasteiger partial charge in [-0.3, -0.25) is 19.5 Å². The number of carbonyl (C=O) groups excluding carboxylic acids is 2.